The molecule has 0 spiro atoms. The highest BCUT2D eigenvalue weighted by Gasteiger charge is 2.17. The van der Waals surface area contributed by atoms with Crippen LogP contribution in [0.3, 0.4) is 0 Å². The van der Waals surface area contributed by atoms with Gasteiger partial charge >= 0.3 is 0 Å². The van der Waals surface area contributed by atoms with E-state index < -0.39 is 0 Å². The summed E-state index contributed by atoms with van der Waals surface area (Å²) in [6, 6.07) is 15.4. The average Bonchev–Trinajstić information content (AvgIpc) is 3.34. The fourth-order valence-corrected chi connectivity index (χ4v) is 3.77. The zero-order valence-electron chi connectivity index (χ0n) is 16.0. The Morgan fingerprint density at radius 2 is 1.93 bits per heavy atom. The molecule has 0 fully saturated rings. The van der Waals surface area contributed by atoms with Gasteiger partial charge < -0.3 is 9.32 Å². The molecule has 0 aliphatic heterocycles. The van der Waals surface area contributed by atoms with Crippen molar-refractivity contribution in [2.24, 2.45) is 0 Å². The second-order valence-corrected chi connectivity index (χ2v) is 7.92. The molecule has 0 saturated carbocycles. The highest BCUT2D eigenvalue weighted by molar-refractivity contribution is 7.13. The summed E-state index contributed by atoms with van der Waals surface area (Å²) in [5.74, 6) is 0.826. The number of aromatic nitrogens is 2. The summed E-state index contributed by atoms with van der Waals surface area (Å²) in [5, 5.41) is 2.96. The maximum absolute atomic E-state index is 12.9. The Balaban J connectivity index is 1.50. The van der Waals surface area contributed by atoms with E-state index in [-0.39, 0.29) is 11.8 Å². The number of amides is 1. The van der Waals surface area contributed by atoms with Crippen molar-refractivity contribution in [3.63, 3.8) is 0 Å². The minimum absolute atomic E-state index is 0.0646. The Kier molecular flexibility index (Phi) is 4.96. The molecule has 2 aromatic heterocycles. The quantitative estimate of drug-likeness (QED) is 0.460. The lowest BCUT2D eigenvalue weighted by Crippen LogP contribution is -2.26. The van der Waals surface area contributed by atoms with Crippen LogP contribution in [0.5, 0.6) is 0 Å². The molecule has 0 N–H and O–H groups in total. The van der Waals surface area contributed by atoms with Crippen LogP contribution in [-0.2, 0) is 6.54 Å². The van der Waals surface area contributed by atoms with Crippen LogP contribution in [0.25, 0.3) is 21.7 Å². The summed E-state index contributed by atoms with van der Waals surface area (Å²) in [5.41, 5.74) is 3.98. The molecule has 2 heterocycles. The van der Waals surface area contributed by atoms with Crippen LogP contribution in [0.15, 0.2) is 58.3 Å². The fourth-order valence-electron chi connectivity index (χ4n) is 2.95. The monoisotopic (exact) mass is 391 g/mol. The average molecular weight is 391 g/mol. The molecule has 2 aromatic carbocycles. The van der Waals surface area contributed by atoms with Crippen molar-refractivity contribution in [1.29, 1.82) is 0 Å². The summed E-state index contributed by atoms with van der Waals surface area (Å²) in [4.78, 5) is 23.7. The van der Waals surface area contributed by atoms with Crippen LogP contribution in [0.2, 0.25) is 0 Å². The molecule has 4 aromatic rings. The SMILES string of the molecule is CC(C)c1nc2cc(C(=O)N(C)Cc3csc(-c4ccccc4)n3)ccc2o1. The number of rotatable bonds is 5. The molecule has 5 nitrogen and oxygen atoms in total. The van der Waals surface area contributed by atoms with Gasteiger partial charge in [0.2, 0.25) is 0 Å². The van der Waals surface area contributed by atoms with Crippen molar-refractivity contribution in [3.8, 4) is 10.6 Å². The van der Waals surface area contributed by atoms with Gasteiger partial charge in [-0.15, -0.1) is 11.3 Å². The van der Waals surface area contributed by atoms with Crippen molar-refractivity contribution >= 4 is 28.3 Å². The number of benzene rings is 2. The summed E-state index contributed by atoms with van der Waals surface area (Å²) in [6.07, 6.45) is 0. The first kappa shape index (κ1) is 18.4. The summed E-state index contributed by atoms with van der Waals surface area (Å²) >= 11 is 1.59. The number of thiazole rings is 1. The molecule has 0 unspecified atom stereocenters. The first-order valence-electron chi connectivity index (χ1n) is 9.17. The van der Waals surface area contributed by atoms with Crippen LogP contribution in [0, 0.1) is 0 Å². The first-order valence-corrected chi connectivity index (χ1v) is 10.0. The molecular formula is C22H21N3O2S. The lowest BCUT2D eigenvalue weighted by atomic mass is 10.2. The van der Waals surface area contributed by atoms with E-state index in [1.165, 1.54) is 0 Å². The molecule has 28 heavy (non-hydrogen) atoms. The van der Waals surface area contributed by atoms with E-state index in [1.807, 2.05) is 55.6 Å². The smallest absolute Gasteiger partial charge is 0.254 e. The van der Waals surface area contributed by atoms with Crippen molar-refractivity contribution in [3.05, 3.63) is 71.1 Å². The number of carbonyl (C=O) groups is 1. The number of fused-ring (bicyclic) bond motifs is 1. The predicted octanol–water partition coefficient (Wildman–Crippen LogP) is 5.35. The third kappa shape index (κ3) is 3.68. The summed E-state index contributed by atoms with van der Waals surface area (Å²) < 4.78 is 5.72. The molecule has 0 saturated heterocycles. The number of nitrogens with zero attached hydrogens (tertiary/aromatic N) is 3. The van der Waals surface area contributed by atoms with Gasteiger partial charge in [0.05, 0.1) is 12.2 Å². The Bertz CT molecular complexity index is 1120. The summed E-state index contributed by atoms with van der Waals surface area (Å²) in [6.45, 7) is 4.51. The topological polar surface area (TPSA) is 59.2 Å². The second kappa shape index (κ2) is 7.56. The van der Waals surface area contributed by atoms with E-state index in [2.05, 4.69) is 9.97 Å². The van der Waals surface area contributed by atoms with Gasteiger partial charge in [0, 0.05) is 29.5 Å². The van der Waals surface area contributed by atoms with E-state index in [9.17, 15) is 4.79 Å². The van der Waals surface area contributed by atoms with Crippen molar-refractivity contribution in [2.75, 3.05) is 7.05 Å². The largest absolute Gasteiger partial charge is 0.440 e. The number of hydrogen-bond acceptors (Lipinski definition) is 5. The highest BCUT2D eigenvalue weighted by atomic mass is 32.1. The van der Waals surface area contributed by atoms with Gasteiger partial charge in [-0.05, 0) is 18.2 Å². The molecule has 142 valence electrons. The van der Waals surface area contributed by atoms with Gasteiger partial charge in [-0.25, -0.2) is 9.97 Å². The first-order chi connectivity index (χ1) is 13.5. The number of hydrogen-bond donors (Lipinski definition) is 0. The van der Waals surface area contributed by atoms with Gasteiger partial charge in [0.25, 0.3) is 5.91 Å². The van der Waals surface area contributed by atoms with E-state index >= 15 is 0 Å². The van der Waals surface area contributed by atoms with Gasteiger partial charge in [-0.1, -0.05) is 44.2 Å². The zero-order valence-corrected chi connectivity index (χ0v) is 16.9. The maximum Gasteiger partial charge on any atom is 0.254 e. The minimum Gasteiger partial charge on any atom is -0.440 e. The molecular weight excluding hydrogens is 370 g/mol. The van der Waals surface area contributed by atoms with Crippen LogP contribution in [0.1, 0.15) is 41.7 Å². The molecule has 0 radical (unpaired) electrons. The molecule has 0 aliphatic carbocycles. The summed E-state index contributed by atoms with van der Waals surface area (Å²) in [7, 11) is 1.79. The lowest BCUT2D eigenvalue weighted by molar-refractivity contribution is 0.0784. The van der Waals surface area contributed by atoms with Crippen molar-refractivity contribution in [1.82, 2.24) is 14.9 Å². The normalized spacial score (nSPS) is 11.3. The Morgan fingerprint density at radius 1 is 1.14 bits per heavy atom. The maximum atomic E-state index is 12.9. The van der Waals surface area contributed by atoms with E-state index in [0.29, 0.717) is 29.1 Å². The van der Waals surface area contributed by atoms with Gasteiger partial charge in [0.1, 0.15) is 10.5 Å². The van der Waals surface area contributed by atoms with Crippen LogP contribution < -0.4 is 0 Å². The van der Waals surface area contributed by atoms with Gasteiger partial charge in [-0.2, -0.15) is 0 Å². The third-order valence-electron chi connectivity index (χ3n) is 4.46. The standard InChI is InChI=1S/C22H21N3O2S/c1-14(2)20-24-18-11-16(9-10-19(18)27-20)22(26)25(3)12-17-13-28-21(23-17)15-7-5-4-6-8-15/h4-11,13-14H,12H2,1-3H3. The van der Waals surface area contributed by atoms with Crippen molar-refractivity contribution < 1.29 is 9.21 Å². The Hall–Kier alpha value is -2.99. The van der Waals surface area contributed by atoms with Crippen molar-refractivity contribution in [2.45, 2.75) is 26.3 Å². The zero-order chi connectivity index (χ0) is 19.7. The second-order valence-electron chi connectivity index (χ2n) is 7.06. The molecule has 4 rings (SSSR count). The molecule has 6 heteroatoms. The predicted molar refractivity (Wildman–Crippen MR) is 111 cm³/mol. The van der Waals surface area contributed by atoms with E-state index in [1.54, 1.807) is 35.4 Å². The third-order valence-corrected chi connectivity index (χ3v) is 5.40. The number of carbonyl (C=O) groups excluding carboxylic acids is 1. The molecule has 0 atom stereocenters. The van der Waals surface area contributed by atoms with E-state index in [4.69, 9.17) is 4.42 Å². The number of oxazole rings is 1. The van der Waals surface area contributed by atoms with Gasteiger partial charge in [0.15, 0.2) is 11.5 Å². The fraction of sp³-hybridized carbons (Fsp3) is 0.227. The molecule has 1 amide bonds. The van der Waals surface area contributed by atoms with Crippen LogP contribution in [-0.4, -0.2) is 27.8 Å². The van der Waals surface area contributed by atoms with Gasteiger partial charge in [-0.3, -0.25) is 4.79 Å². The Morgan fingerprint density at radius 3 is 2.68 bits per heavy atom. The molecule has 0 aliphatic rings. The highest BCUT2D eigenvalue weighted by Crippen LogP contribution is 2.25. The van der Waals surface area contributed by atoms with Crippen LogP contribution >= 0.6 is 11.3 Å². The lowest BCUT2D eigenvalue weighted by Gasteiger charge is -2.15. The molecule has 0 bridgehead atoms. The Labute approximate surface area is 167 Å². The van der Waals surface area contributed by atoms with Crippen LogP contribution in [0.4, 0.5) is 0 Å². The van der Waals surface area contributed by atoms with E-state index in [0.717, 1.165) is 16.3 Å². The minimum atomic E-state index is -0.0646.